The minimum absolute atomic E-state index is 0.284. The molecule has 0 bridgehead atoms. The number of aromatic nitrogens is 2. The first kappa shape index (κ1) is 14.6. The molecule has 2 aromatic rings. The Kier molecular flexibility index (Phi) is 4.45. The molecule has 0 aliphatic rings. The van der Waals surface area contributed by atoms with Gasteiger partial charge in [-0.25, -0.2) is 0 Å². The highest BCUT2D eigenvalue weighted by Gasteiger charge is 2.14. The van der Waals surface area contributed by atoms with Crippen LogP contribution in [0, 0.1) is 6.92 Å². The molecule has 0 aliphatic heterocycles. The van der Waals surface area contributed by atoms with Crippen molar-refractivity contribution in [2.45, 2.75) is 26.9 Å². The highest BCUT2D eigenvalue weighted by Crippen LogP contribution is 2.24. The third-order valence-electron chi connectivity index (χ3n) is 3.16. The van der Waals surface area contributed by atoms with E-state index in [1.807, 2.05) is 27.0 Å². The van der Waals surface area contributed by atoms with Gasteiger partial charge in [0.2, 0.25) is 0 Å². The Labute approximate surface area is 123 Å². The van der Waals surface area contributed by atoms with Crippen molar-refractivity contribution in [1.29, 1.82) is 0 Å². The lowest BCUT2D eigenvalue weighted by Crippen LogP contribution is -2.05. The molecule has 0 fully saturated rings. The fraction of sp³-hybridized carbons (Fsp3) is 0.333. The quantitative estimate of drug-likeness (QED) is 0.794. The summed E-state index contributed by atoms with van der Waals surface area (Å²) in [6.07, 6.45) is 1.57. The molecular weight excluding hydrogens is 276 g/mol. The molecule has 2 rings (SSSR count). The predicted molar refractivity (Wildman–Crippen MR) is 78.5 cm³/mol. The van der Waals surface area contributed by atoms with Crippen LogP contribution in [0.4, 0.5) is 0 Å². The predicted octanol–water partition coefficient (Wildman–Crippen LogP) is 3.34. The summed E-state index contributed by atoms with van der Waals surface area (Å²) in [5.41, 5.74) is 3.22. The van der Waals surface area contributed by atoms with Gasteiger partial charge in [0.1, 0.15) is 12.4 Å². The van der Waals surface area contributed by atoms with Gasteiger partial charge in [-0.3, -0.25) is 9.48 Å². The zero-order valence-corrected chi connectivity index (χ0v) is 12.6. The molecule has 1 heterocycles. The Balaban J connectivity index is 2.21. The van der Waals surface area contributed by atoms with Gasteiger partial charge >= 0.3 is 0 Å². The second-order valence-electron chi connectivity index (χ2n) is 4.63. The van der Waals surface area contributed by atoms with Crippen molar-refractivity contribution < 1.29 is 9.53 Å². The maximum Gasteiger partial charge on any atom is 0.153 e. The number of aryl methyl sites for hydroxylation is 3. The summed E-state index contributed by atoms with van der Waals surface area (Å²) in [4.78, 5) is 11.1. The largest absolute Gasteiger partial charge is 0.487 e. The summed E-state index contributed by atoms with van der Waals surface area (Å²) >= 11 is 6.26. The molecule has 4 nitrogen and oxygen atoms in total. The van der Waals surface area contributed by atoms with Crippen LogP contribution in [0.25, 0.3) is 0 Å². The minimum Gasteiger partial charge on any atom is -0.487 e. The molecule has 0 saturated carbocycles. The van der Waals surface area contributed by atoms with E-state index in [1.165, 1.54) is 0 Å². The van der Waals surface area contributed by atoms with Gasteiger partial charge in [0, 0.05) is 7.05 Å². The Hall–Kier alpha value is -1.81. The first-order chi connectivity index (χ1) is 9.56. The molecule has 0 aliphatic carbocycles. The van der Waals surface area contributed by atoms with E-state index in [-0.39, 0.29) is 6.61 Å². The van der Waals surface area contributed by atoms with Gasteiger partial charge in [-0.1, -0.05) is 30.2 Å². The van der Waals surface area contributed by atoms with Crippen molar-refractivity contribution in [2.75, 3.05) is 0 Å². The maximum absolute atomic E-state index is 11.1. The minimum atomic E-state index is 0.284. The van der Waals surface area contributed by atoms with Crippen LogP contribution < -0.4 is 4.74 Å². The number of aldehydes is 1. The van der Waals surface area contributed by atoms with Crippen molar-refractivity contribution in [3.05, 3.63) is 45.7 Å². The van der Waals surface area contributed by atoms with Crippen LogP contribution in [0.5, 0.6) is 5.75 Å². The molecule has 5 heteroatoms. The molecule has 0 radical (unpaired) electrons. The number of carbonyl (C=O) groups excluding carboxylic acids is 1. The highest BCUT2D eigenvalue weighted by atomic mass is 35.5. The number of rotatable bonds is 5. The van der Waals surface area contributed by atoms with Crippen LogP contribution >= 0.6 is 11.6 Å². The molecule has 1 aromatic heterocycles. The molecule has 0 spiro atoms. The van der Waals surface area contributed by atoms with Gasteiger partial charge < -0.3 is 4.74 Å². The van der Waals surface area contributed by atoms with Gasteiger partial charge in [0.05, 0.1) is 22.0 Å². The summed E-state index contributed by atoms with van der Waals surface area (Å²) in [5, 5.41) is 4.97. The average molecular weight is 293 g/mol. The second kappa shape index (κ2) is 6.09. The molecule has 106 valence electrons. The molecule has 20 heavy (non-hydrogen) atoms. The van der Waals surface area contributed by atoms with E-state index in [9.17, 15) is 4.79 Å². The van der Waals surface area contributed by atoms with Crippen LogP contribution in [0.3, 0.4) is 0 Å². The molecule has 0 saturated heterocycles. The molecule has 0 atom stereocenters. The Bertz CT molecular complexity index is 635. The average Bonchev–Trinajstić information content (AvgIpc) is 2.72. The van der Waals surface area contributed by atoms with Gasteiger partial charge in [0.25, 0.3) is 0 Å². The van der Waals surface area contributed by atoms with Gasteiger partial charge in [-0.05, 0) is 25.5 Å². The number of hydrogen-bond donors (Lipinski definition) is 0. The van der Waals surface area contributed by atoms with Crippen molar-refractivity contribution >= 4 is 17.9 Å². The Morgan fingerprint density at radius 3 is 2.80 bits per heavy atom. The number of ether oxygens (including phenoxy) is 1. The normalized spacial score (nSPS) is 10.6. The van der Waals surface area contributed by atoms with Crippen LogP contribution in [-0.4, -0.2) is 16.1 Å². The first-order valence-electron chi connectivity index (χ1n) is 6.45. The first-order valence-corrected chi connectivity index (χ1v) is 6.83. The zero-order valence-electron chi connectivity index (χ0n) is 11.8. The fourth-order valence-electron chi connectivity index (χ4n) is 2.01. The van der Waals surface area contributed by atoms with Crippen LogP contribution in [0.1, 0.15) is 34.2 Å². The Morgan fingerprint density at radius 2 is 2.20 bits per heavy atom. The van der Waals surface area contributed by atoms with E-state index in [4.69, 9.17) is 16.3 Å². The zero-order chi connectivity index (χ0) is 14.7. The number of hydrogen-bond acceptors (Lipinski definition) is 3. The van der Waals surface area contributed by atoms with E-state index < -0.39 is 0 Å². The second-order valence-corrected chi connectivity index (χ2v) is 5.01. The van der Waals surface area contributed by atoms with Crippen LogP contribution in [0.15, 0.2) is 18.2 Å². The molecule has 0 amide bonds. The smallest absolute Gasteiger partial charge is 0.153 e. The number of benzene rings is 1. The number of nitrogens with zero attached hydrogens (tertiary/aromatic N) is 2. The summed E-state index contributed by atoms with van der Waals surface area (Å²) in [6, 6.07) is 5.50. The maximum atomic E-state index is 11.1. The topological polar surface area (TPSA) is 44.1 Å². The molecular formula is C15H17ClN2O2. The van der Waals surface area contributed by atoms with Gasteiger partial charge in [-0.2, -0.15) is 5.10 Å². The van der Waals surface area contributed by atoms with E-state index in [2.05, 4.69) is 5.10 Å². The lowest BCUT2D eigenvalue weighted by Gasteiger charge is -2.09. The summed E-state index contributed by atoms with van der Waals surface area (Å²) in [6.45, 7) is 4.22. The summed E-state index contributed by atoms with van der Waals surface area (Å²) in [7, 11) is 1.83. The standard InChI is InChI=1S/C15H17ClN2O2/c1-4-12-15(16)13(18(3)17-12)9-20-14-6-5-10(2)7-11(14)8-19/h5-8H,4,9H2,1-3H3. The van der Waals surface area contributed by atoms with E-state index in [0.29, 0.717) is 16.3 Å². The highest BCUT2D eigenvalue weighted by molar-refractivity contribution is 6.31. The fourth-order valence-corrected chi connectivity index (χ4v) is 2.36. The van der Waals surface area contributed by atoms with Gasteiger partial charge in [-0.15, -0.1) is 0 Å². The lowest BCUT2D eigenvalue weighted by molar-refractivity contribution is 0.111. The molecule has 0 unspecified atom stereocenters. The van der Waals surface area contributed by atoms with E-state index >= 15 is 0 Å². The Morgan fingerprint density at radius 1 is 1.45 bits per heavy atom. The van der Waals surface area contributed by atoms with Crippen molar-refractivity contribution in [3.63, 3.8) is 0 Å². The van der Waals surface area contributed by atoms with Crippen LogP contribution in [-0.2, 0) is 20.1 Å². The van der Waals surface area contributed by atoms with Crippen molar-refractivity contribution in [2.24, 2.45) is 7.05 Å². The SMILES string of the molecule is CCc1nn(C)c(COc2ccc(C)cc2C=O)c1Cl. The van der Waals surface area contributed by atoms with Crippen molar-refractivity contribution in [1.82, 2.24) is 9.78 Å². The summed E-state index contributed by atoms with van der Waals surface area (Å²) in [5.74, 6) is 0.556. The molecule has 1 aromatic carbocycles. The van der Waals surface area contributed by atoms with E-state index in [0.717, 1.165) is 29.7 Å². The molecule has 0 N–H and O–H groups in total. The third kappa shape index (κ3) is 2.85. The number of halogens is 1. The monoisotopic (exact) mass is 292 g/mol. The third-order valence-corrected chi connectivity index (χ3v) is 3.60. The lowest BCUT2D eigenvalue weighted by atomic mass is 10.1. The van der Waals surface area contributed by atoms with E-state index in [1.54, 1.807) is 16.8 Å². The van der Waals surface area contributed by atoms with Crippen molar-refractivity contribution in [3.8, 4) is 5.75 Å². The number of carbonyl (C=O) groups is 1. The summed E-state index contributed by atoms with van der Waals surface area (Å²) < 4.78 is 7.43. The van der Waals surface area contributed by atoms with Crippen LogP contribution in [0.2, 0.25) is 5.02 Å². The van der Waals surface area contributed by atoms with Gasteiger partial charge in [0.15, 0.2) is 6.29 Å².